The van der Waals surface area contributed by atoms with E-state index in [4.69, 9.17) is 10.00 Å². The van der Waals surface area contributed by atoms with E-state index in [0.717, 1.165) is 5.56 Å². The van der Waals surface area contributed by atoms with Crippen molar-refractivity contribution in [1.82, 2.24) is 5.32 Å². The Balaban J connectivity index is 3.01. The van der Waals surface area contributed by atoms with Crippen molar-refractivity contribution in [2.75, 3.05) is 0 Å². The average molecular weight is 291 g/mol. The highest BCUT2D eigenvalue weighted by atomic mass is 16.6. The van der Waals surface area contributed by atoms with E-state index < -0.39 is 11.0 Å². The molecule has 0 heterocycles. The van der Waals surface area contributed by atoms with Crippen LogP contribution in [0.1, 0.15) is 39.7 Å². The van der Waals surface area contributed by atoms with Crippen LogP contribution in [0.2, 0.25) is 0 Å². The van der Waals surface area contributed by atoms with Gasteiger partial charge in [0, 0.05) is 18.2 Å². The first-order valence-corrected chi connectivity index (χ1v) is 6.85. The van der Waals surface area contributed by atoms with E-state index in [-0.39, 0.29) is 17.0 Å². The van der Waals surface area contributed by atoms with Gasteiger partial charge in [0.15, 0.2) is 11.9 Å². The predicted octanol–water partition coefficient (Wildman–Crippen LogP) is 3.16. The van der Waals surface area contributed by atoms with Crippen molar-refractivity contribution in [2.24, 2.45) is 0 Å². The quantitative estimate of drug-likeness (QED) is 0.642. The van der Waals surface area contributed by atoms with Crippen molar-refractivity contribution in [2.45, 2.75) is 52.3 Å². The van der Waals surface area contributed by atoms with E-state index >= 15 is 0 Å². The number of nitrogens with zero attached hydrogens (tertiary/aromatic N) is 2. The Kier molecular flexibility index (Phi) is 5.68. The van der Waals surface area contributed by atoms with Gasteiger partial charge in [-0.1, -0.05) is 13.0 Å². The minimum Gasteiger partial charge on any atom is -0.468 e. The van der Waals surface area contributed by atoms with E-state index in [1.807, 2.05) is 26.8 Å². The molecule has 0 fully saturated rings. The molecule has 1 aromatic carbocycles. The zero-order valence-corrected chi connectivity index (χ0v) is 12.8. The first-order chi connectivity index (χ1) is 9.76. The number of nitro benzene ring substituents is 1. The number of hydrogen-bond acceptors (Lipinski definition) is 5. The number of nitriles is 1. The molecule has 6 heteroatoms. The lowest BCUT2D eigenvalue weighted by Gasteiger charge is -2.21. The highest BCUT2D eigenvalue weighted by molar-refractivity contribution is 5.48. The van der Waals surface area contributed by atoms with E-state index in [2.05, 4.69) is 5.32 Å². The summed E-state index contributed by atoms with van der Waals surface area (Å²) in [6.45, 7) is 8.49. The summed E-state index contributed by atoms with van der Waals surface area (Å²) < 4.78 is 5.45. The molecule has 0 radical (unpaired) electrons. The second-order valence-electron chi connectivity index (χ2n) is 5.81. The molecular formula is C15H21N3O3. The Morgan fingerprint density at radius 3 is 2.62 bits per heavy atom. The van der Waals surface area contributed by atoms with Crippen molar-refractivity contribution in [1.29, 1.82) is 5.26 Å². The minimum atomic E-state index is -0.686. The summed E-state index contributed by atoms with van der Waals surface area (Å²) in [5.74, 6) is 0.140. The standard InChI is InChI=1S/C15H21N3O3/c1-5-12(9-16)21-14-8-11(10-17-15(2,3)4)6-7-13(14)18(19)20/h6-8,12,17H,5,10H2,1-4H3. The summed E-state index contributed by atoms with van der Waals surface area (Å²) in [5.41, 5.74) is 0.697. The zero-order valence-electron chi connectivity index (χ0n) is 12.8. The molecule has 1 N–H and O–H groups in total. The van der Waals surface area contributed by atoms with Gasteiger partial charge < -0.3 is 10.1 Å². The summed E-state index contributed by atoms with van der Waals surface area (Å²) in [7, 11) is 0. The second kappa shape index (κ2) is 7.04. The number of hydrogen-bond donors (Lipinski definition) is 1. The summed E-state index contributed by atoms with van der Waals surface area (Å²) in [4.78, 5) is 10.5. The molecule has 6 nitrogen and oxygen atoms in total. The van der Waals surface area contributed by atoms with Crippen LogP contribution < -0.4 is 10.1 Å². The maximum absolute atomic E-state index is 11.0. The van der Waals surface area contributed by atoms with Gasteiger partial charge >= 0.3 is 5.69 Å². The van der Waals surface area contributed by atoms with Crippen LogP contribution in [0, 0.1) is 21.4 Å². The van der Waals surface area contributed by atoms with Crippen LogP contribution in [0.5, 0.6) is 5.75 Å². The van der Waals surface area contributed by atoms with Crippen molar-refractivity contribution >= 4 is 5.69 Å². The number of nitro groups is 1. The summed E-state index contributed by atoms with van der Waals surface area (Å²) in [6, 6.07) is 6.71. The molecule has 0 saturated carbocycles. The summed E-state index contributed by atoms with van der Waals surface area (Å²) >= 11 is 0. The van der Waals surface area contributed by atoms with Crippen LogP contribution in [0.25, 0.3) is 0 Å². The third kappa shape index (κ3) is 5.40. The monoisotopic (exact) mass is 291 g/mol. The molecule has 0 bridgehead atoms. The normalized spacial score (nSPS) is 12.5. The lowest BCUT2D eigenvalue weighted by atomic mass is 10.1. The molecule has 114 valence electrons. The molecular weight excluding hydrogens is 270 g/mol. The third-order valence-electron chi connectivity index (χ3n) is 2.83. The Hall–Kier alpha value is -2.13. The molecule has 1 atom stereocenters. The molecule has 0 aliphatic rings. The molecule has 1 aromatic rings. The Morgan fingerprint density at radius 1 is 1.48 bits per heavy atom. The Labute approximate surface area is 124 Å². The van der Waals surface area contributed by atoms with Gasteiger partial charge in [0.1, 0.15) is 6.07 Å². The largest absolute Gasteiger partial charge is 0.468 e. The molecule has 0 aliphatic heterocycles. The molecule has 21 heavy (non-hydrogen) atoms. The van der Waals surface area contributed by atoms with E-state index in [1.165, 1.54) is 6.07 Å². The highest BCUT2D eigenvalue weighted by Gasteiger charge is 2.19. The number of rotatable bonds is 6. The fourth-order valence-electron chi connectivity index (χ4n) is 1.64. The van der Waals surface area contributed by atoms with Gasteiger partial charge in [-0.25, -0.2) is 0 Å². The summed E-state index contributed by atoms with van der Waals surface area (Å²) in [6.07, 6.45) is -0.215. The SMILES string of the molecule is CCC(C#N)Oc1cc(CNC(C)(C)C)ccc1[N+](=O)[O-]. The minimum absolute atomic E-state index is 0.0542. The van der Waals surface area contributed by atoms with E-state index in [9.17, 15) is 10.1 Å². The fourth-order valence-corrected chi connectivity index (χ4v) is 1.64. The number of nitrogens with one attached hydrogen (secondary N) is 1. The molecule has 0 amide bonds. The van der Waals surface area contributed by atoms with Gasteiger partial charge in [0.25, 0.3) is 0 Å². The van der Waals surface area contributed by atoms with Crippen LogP contribution in [0.4, 0.5) is 5.69 Å². The maximum atomic E-state index is 11.0. The zero-order chi connectivity index (χ0) is 16.0. The van der Waals surface area contributed by atoms with Crippen LogP contribution in [-0.4, -0.2) is 16.6 Å². The smallest absolute Gasteiger partial charge is 0.310 e. The van der Waals surface area contributed by atoms with Crippen LogP contribution >= 0.6 is 0 Å². The van der Waals surface area contributed by atoms with Crippen LogP contribution in [-0.2, 0) is 6.54 Å². The molecule has 0 aromatic heterocycles. The van der Waals surface area contributed by atoms with Gasteiger partial charge in [-0.2, -0.15) is 5.26 Å². The fraction of sp³-hybridized carbons (Fsp3) is 0.533. The predicted molar refractivity (Wildman–Crippen MR) is 80.0 cm³/mol. The molecule has 1 rings (SSSR count). The van der Waals surface area contributed by atoms with E-state index in [1.54, 1.807) is 19.1 Å². The second-order valence-corrected chi connectivity index (χ2v) is 5.81. The van der Waals surface area contributed by atoms with Crippen molar-refractivity contribution in [3.05, 3.63) is 33.9 Å². The Bertz CT molecular complexity index is 544. The first-order valence-electron chi connectivity index (χ1n) is 6.85. The molecule has 0 saturated heterocycles. The molecule has 0 aliphatic carbocycles. The Morgan fingerprint density at radius 2 is 2.14 bits per heavy atom. The lowest BCUT2D eigenvalue weighted by molar-refractivity contribution is -0.386. The van der Waals surface area contributed by atoms with Gasteiger partial charge in [-0.05, 0) is 38.8 Å². The van der Waals surface area contributed by atoms with Crippen LogP contribution in [0.15, 0.2) is 18.2 Å². The third-order valence-corrected chi connectivity index (χ3v) is 2.83. The first kappa shape index (κ1) is 16.9. The molecule has 1 unspecified atom stereocenters. The van der Waals surface area contributed by atoms with Crippen molar-refractivity contribution in [3.8, 4) is 11.8 Å². The molecule has 0 spiro atoms. The van der Waals surface area contributed by atoms with Crippen LogP contribution in [0.3, 0.4) is 0 Å². The van der Waals surface area contributed by atoms with Crippen molar-refractivity contribution < 1.29 is 9.66 Å². The lowest BCUT2D eigenvalue weighted by Crippen LogP contribution is -2.35. The average Bonchev–Trinajstić information content (AvgIpc) is 2.41. The number of benzene rings is 1. The van der Waals surface area contributed by atoms with Gasteiger partial charge in [0.2, 0.25) is 0 Å². The van der Waals surface area contributed by atoms with Crippen molar-refractivity contribution in [3.63, 3.8) is 0 Å². The van der Waals surface area contributed by atoms with E-state index in [0.29, 0.717) is 13.0 Å². The number of ether oxygens (including phenoxy) is 1. The highest BCUT2D eigenvalue weighted by Crippen LogP contribution is 2.29. The van der Waals surface area contributed by atoms with Gasteiger partial charge in [0.05, 0.1) is 4.92 Å². The topological polar surface area (TPSA) is 88.2 Å². The summed E-state index contributed by atoms with van der Waals surface area (Å²) in [5, 5.41) is 23.3. The van der Waals surface area contributed by atoms with Gasteiger partial charge in [-0.15, -0.1) is 0 Å². The van der Waals surface area contributed by atoms with Gasteiger partial charge in [-0.3, -0.25) is 10.1 Å². The maximum Gasteiger partial charge on any atom is 0.310 e.